The molecule has 0 aromatic carbocycles. The van der Waals surface area contributed by atoms with Gasteiger partial charge >= 0.3 is 0 Å². The Hall–Kier alpha value is -0.910. The second-order valence-electron chi connectivity index (χ2n) is 6.08. The second kappa shape index (κ2) is 6.70. The van der Waals surface area contributed by atoms with Crippen LogP contribution in [0, 0.1) is 5.92 Å². The van der Waals surface area contributed by atoms with Crippen molar-refractivity contribution in [2.24, 2.45) is 11.8 Å². The van der Waals surface area contributed by atoms with Crippen molar-refractivity contribution >= 4 is 0 Å². The molecule has 1 atom stereocenters. The van der Waals surface area contributed by atoms with Gasteiger partial charge in [0.1, 0.15) is 0 Å². The summed E-state index contributed by atoms with van der Waals surface area (Å²) in [4.78, 5) is 0. The van der Waals surface area contributed by atoms with Crippen molar-refractivity contribution in [1.29, 1.82) is 0 Å². The molecule has 1 aliphatic carbocycles. The van der Waals surface area contributed by atoms with Gasteiger partial charge in [0.05, 0.1) is 17.8 Å². The molecule has 1 fully saturated rings. The summed E-state index contributed by atoms with van der Waals surface area (Å²) >= 11 is 0. The topological polar surface area (TPSA) is 65.1 Å². The monoisotopic (exact) mass is 280 g/mol. The Balaban J connectivity index is 2.09. The molecule has 1 unspecified atom stereocenters. The normalized spacial score (nSPS) is 28.5. The van der Waals surface area contributed by atoms with E-state index >= 15 is 0 Å². The minimum absolute atomic E-state index is 0.134. The number of methoxy groups -OCH3 is 1. The molecule has 0 radical (unpaired) electrons. The highest BCUT2D eigenvalue weighted by atomic mass is 16.5. The number of nitrogens with one attached hydrogen (secondary N) is 1. The smallest absolute Gasteiger partial charge is 0.0847 e. The largest absolute Gasteiger partial charge is 0.377 e. The summed E-state index contributed by atoms with van der Waals surface area (Å²) in [6.45, 7) is 5.30. The van der Waals surface area contributed by atoms with Crippen LogP contribution in [-0.2, 0) is 17.7 Å². The molecule has 5 nitrogen and oxygen atoms in total. The van der Waals surface area contributed by atoms with Crippen LogP contribution in [-0.4, -0.2) is 28.5 Å². The molecule has 1 heterocycles. The molecule has 1 aromatic heterocycles. The van der Waals surface area contributed by atoms with Gasteiger partial charge in [-0.05, 0) is 50.5 Å². The molecule has 3 N–H and O–H groups in total. The van der Waals surface area contributed by atoms with E-state index in [9.17, 15) is 0 Å². The Morgan fingerprint density at radius 3 is 2.75 bits per heavy atom. The zero-order valence-corrected chi connectivity index (χ0v) is 12.9. The summed E-state index contributed by atoms with van der Waals surface area (Å²) in [5.41, 5.74) is 4.06. The standard InChI is InChI=1S/C15H28N4O/c1-4-19-11-13(10-17-19)9-14(18-16)15(20-3)7-5-12(2)6-8-15/h10-12,14,18H,4-9,16H2,1-3H3. The molecule has 0 aliphatic heterocycles. The highest BCUT2D eigenvalue weighted by Crippen LogP contribution is 2.37. The molecule has 0 saturated heterocycles. The van der Waals surface area contributed by atoms with Crippen molar-refractivity contribution in [2.45, 2.75) is 64.1 Å². The van der Waals surface area contributed by atoms with Gasteiger partial charge in [-0.2, -0.15) is 5.10 Å². The highest BCUT2D eigenvalue weighted by molar-refractivity contribution is 5.10. The van der Waals surface area contributed by atoms with Gasteiger partial charge in [0.2, 0.25) is 0 Å². The average Bonchev–Trinajstić information content (AvgIpc) is 2.94. The van der Waals surface area contributed by atoms with E-state index in [-0.39, 0.29) is 11.6 Å². The Morgan fingerprint density at radius 2 is 2.25 bits per heavy atom. The lowest BCUT2D eigenvalue weighted by Crippen LogP contribution is -2.57. The first kappa shape index (κ1) is 15.5. The van der Waals surface area contributed by atoms with Crippen LogP contribution in [0.4, 0.5) is 0 Å². The number of aromatic nitrogens is 2. The average molecular weight is 280 g/mol. The first-order valence-corrected chi connectivity index (χ1v) is 7.66. The van der Waals surface area contributed by atoms with Gasteiger partial charge < -0.3 is 4.74 Å². The van der Waals surface area contributed by atoms with Crippen molar-refractivity contribution in [2.75, 3.05) is 7.11 Å². The third kappa shape index (κ3) is 3.22. The van der Waals surface area contributed by atoms with Crippen molar-refractivity contribution in [3.05, 3.63) is 18.0 Å². The van der Waals surface area contributed by atoms with Crippen LogP contribution in [0.15, 0.2) is 12.4 Å². The lowest BCUT2D eigenvalue weighted by atomic mass is 9.74. The molecular weight excluding hydrogens is 252 g/mol. The van der Waals surface area contributed by atoms with E-state index in [2.05, 4.69) is 30.6 Å². The van der Waals surface area contributed by atoms with E-state index < -0.39 is 0 Å². The fourth-order valence-corrected chi connectivity index (χ4v) is 3.26. The van der Waals surface area contributed by atoms with Gasteiger partial charge in [0, 0.05) is 19.9 Å². The van der Waals surface area contributed by atoms with Gasteiger partial charge in [-0.1, -0.05) is 6.92 Å². The van der Waals surface area contributed by atoms with Crippen LogP contribution in [0.3, 0.4) is 0 Å². The zero-order chi connectivity index (χ0) is 14.6. The van der Waals surface area contributed by atoms with Crippen LogP contribution >= 0.6 is 0 Å². The number of aryl methyl sites for hydroxylation is 1. The van der Waals surface area contributed by atoms with Crippen LogP contribution in [0.2, 0.25) is 0 Å². The Kier molecular flexibility index (Phi) is 5.18. The molecule has 5 heteroatoms. The summed E-state index contributed by atoms with van der Waals surface area (Å²) in [5.74, 6) is 6.62. The number of ether oxygens (including phenoxy) is 1. The van der Waals surface area contributed by atoms with E-state index in [0.717, 1.165) is 31.7 Å². The van der Waals surface area contributed by atoms with Gasteiger partial charge in [0.15, 0.2) is 0 Å². The summed E-state index contributed by atoms with van der Waals surface area (Å²) in [5, 5.41) is 4.34. The molecule has 1 saturated carbocycles. The lowest BCUT2D eigenvalue weighted by molar-refractivity contribution is -0.0746. The van der Waals surface area contributed by atoms with Crippen LogP contribution in [0.1, 0.15) is 45.1 Å². The minimum atomic E-state index is -0.143. The number of nitrogens with zero attached hydrogens (tertiary/aromatic N) is 2. The highest BCUT2D eigenvalue weighted by Gasteiger charge is 2.41. The number of hydrogen-bond donors (Lipinski definition) is 2. The summed E-state index contributed by atoms with van der Waals surface area (Å²) in [7, 11) is 1.82. The van der Waals surface area contributed by atoms with Crippen LogP contribution in [0.5, 0.6) is 0 Å². The first-order chi connectivity index (χ1) is 9.63. The second-order valence-corrected chi connectivity index (χ2v) is 6.08. The molecule has 0 spiro atoms. The van der Waals surface area contributed by atoms with Crippen LogP contribution in [0.25, 0.3) is 0 Å². The maximum atomic E-state index is 5.92. The number of hydrazine groups is 1. The molecule has 1 aromatic rings. The van der Waals surface area contributed by atoms with Crippen molar-refractivity contribution in [3.63, 3.8) is 0 Å². The minimum Gasteiger partial charge on any atom is -0.377 e. The fourth-order valence-electron chi connectivity index (χ4n) is 3.26. The summed E-state index contributed by atoms with van der Waals surface area (Å²) in [6, 6.07) is 0.134. The molecule has 2 rings (SSSR count). The quantitative estimate of drug-likeness (QED) is 0.617. The Labute approximate surface area is 121 Å². The van der Waals surface area contributed by atoms with E-state index in [4.69, 9.17) is 10.6 Å². The predicted octanol–water partition coefficient (Wildman–Crippen LogP) is 1.87. The number of hydrogen-bond acceptors (Lipinski definition) is 4. The SMILES string of the molecule is CCn1cc(CC(NN)C2(OC)CCC(C)CC2)cn1. The number of nitrogens with two attached hydrogens (primary N) is 1. The summed E-state index contributed by atoms with van der Waals surface area (Å²) < 4.78 is 7.87. The van der Waals surface area contributed by atoms with Crippen molar-refractivity contribution in [1.82, 2.24) is 15.2 Å². The molecular formula is C15H28N4O. The van der Waals surface area contributed by atoms with Gasteiger partial charge in [0.25, 0.3) is 0 Å². The third-order valence-electron chi connectivity index (χ3n) is 4.81. The first-order valence-electron chi connectivity index (χ1n) is 7.66. The Morgan fingerprint density at radius 1 is 1.55 bits per heavy atom. The molecule has 114 valence electrons. The van der Waals surface area contributed by atoms with E-state index in [0.29, 0.717) is 0 Å². The molecule has 20 heavy (non-hydrogen) atoms. The Bertz CT molecular complexity index is 410. The van der Waals surface area contributed by atoms with Crippen LogP contribution < -0.4 is 11.3 Å². The molecule has 0 bridgehead atoms. The summed E-state index contributed by atoms with van der Waals surface area (Å²) in [6.07, 6.45) is 9.45. The maximum absolute atomic E-state index is 5.92. The number of rotatable bonds is 6. The zero-order valence-electron chi connectivity index (χ0n) is 12.9. The van der Waals surface area contributed by atoms with E-state index in [1.165, 1.54) is 18.4 Å². The molecule has 1 aliphatic rings. The van der Waals surface area contributed by atoms with Gasteiger partial charge in [-0.15, -0.1) is 0 Å². The maximum Gasteiger partial charge on any atom is 0.0847 e. The predicted molar refractivity (Wildman–Crippen MR) is 80.1 cm³/mol. The van der Waals surface area contributed by atoms with E-state index in [1.807, 2.05) is 18.0 Å². The van der Waals surface area contributed by atoms with E-state index in [1.54, 1.807) is 0 Å². The lowest BCUT2D eigenvalue weighted by Gasteiger charge is -2.43. The third-order valence-corrected chi connectivity index (χ3v) is 4.81. The van der Waals surface area contributed by atoms with Crippen molar-refractivity contribution < 1.29 is 4.74 Å². The van der Waals surface area contributed by atoms with Gasteiger partial charge in [-0.3, -0.25) is 16.0 Å². The fraction of sp³-hybridized carbons (Fsp3) is 0.800. The van der Waals surface area contributed by atoms with Gasteiger partial charge in [-0.25, -0.2) is 0 Å². The van der Waals surface area contributed by atoms with Crippen molar-refractivity contribution in [3.8, 4) is 0 Å². The molecule has 0 amide bonds.